The molecule has 0 radical (unpaired) electrons. The van der Waals surface area contributed by atoms with Gasteiger partial charge >= 0.3 is 17.9 Å². The van der Waals surface area contributed by atoms with Crippen LogP contribution in [0.3, 0.4) is 0 Å². The maximum atomic E-state index is 12.0. The van der Waals surface area contributed by atoms with E-state index in [0.29, 0.717) is 42.4 Å². The molecule has 2 rings (SSSR count). The quantitative estimate of drug-likeness (QED) is 0.449. The van der Waals surface area contributed by atoms with E-state index in [9.17, 15) is 14.4 Å². The van der Waals surface area contributed by atoms with Crippen molar-refractivity contribution >= 4 is 17.9 Å². The van der Waals surface area contributed by atoms with Gasteiger partial charge in [0.1, 0.15) is 0 Å². The number of methoxy groups -OCH3 is 3. The Bertz CT molecular complexity index is 663. The normalized spacial score (nSPS) is 17.7. The van der Waals surface area contributed by atoms with Gasteiger partial charge in [-0.2, -0.15) is 0 Å². The van der Waals surface area contributed by atoms with Crippen LogP contribution in [0.4, 0.5) is 0 Å². The summed E-state index contributed by atoms with van der Waals surface area (Å²) in [7, 11) is 3.91. The number of allylic oxidation sites excluding steroid dienone is 3. The molecule has 0 spiro atoms. The zero-order valence-electron chi connectivity index (χ0n) is 13.8. The summed E-state index contributed by atoms with van der Waals surface area (Å²) in [5, 5.41) is 0. The minimum Gasteiger partial charge on any atom is -0.466 e. The third-order valence-electron chi connectivity index (χ3n) is 4.32. The number of hydrogen-bond donors (Lipinski definition) is 0. The number of hydrogen-bond acceptors (Lipinski definition) is 6. The van der Waals surface area contributed by atoms with Gasteiger partial charge in [-0.3, -0.25) is 0 Å². The number of carbonyl (C=O) groups is 3. The summed E-state index contributed by atoms with van der Waals surface area (Å²) < 4.78 is 14.4. The van der Waals surface area contributed by atoms with E-state index in [1.807, 2.05) is 6.92 Å². The molecule has 0 aromatic carbocycles. The minimum absolute atomic E-state index is 0.292. The Morgan fingerprint density at radius 1 is 0.652 bits per heavy atom. The van der Waals surface area contributed by atoms with Crippen LogP contribution < -0.4 is 0 Å². The summed E-state index contributed by atoms with van der Waals surface area (Å²) in [6.45, 7) is 1.88. The molecule has 0 aromatic rings. The average molecular weight is 320 g/mol. The van der Waals surface area contributed by atoms with Crippen molar-refractivity contribution in [2.24, 2.45) is 0 Å². The second-order valence-electron chi connectivity index (χ2n) is 5.60. The summed E-state index contributed by atoms with van der Waals surface area (Å²) in [4.78, 5) is 35.8. The average Bonchev–Trinajstić information content (AvgIpc) is 2.57. The minimum atomic E-state index is -0.539. The smallest absolute Gasteiger partial charge is 0.334 e. The Morgan fingerprint density at radius 2 is 1.00 bits per heavy atom. The number of rotatable bonds is 3. The first-order chi connectivity index (χ1) is 10.9. The molecular formula is C17H20O6. The van der Waals surface area contributed by atoms with Gasteiger partial charge in [0.15, 0.2) is 0 Å². The van der Waals surface area contributed by atoms with E-state index in [4.69, 9.17) is 14.2 Å². The van der Waals surface area contributed by atoms with E-state index in [0.717, 1.165) is 16.7 Å². The van der Waals surface area contributed by atoms with Gasteiger partial charge in [-0.25, -0.2) is 14.4 Å². The summed E-state index contributed by atoms with van der Waals surface area (Å²) in [5.41, 5.74) is 4.24. The highest BCUT2D eigenvalue weighted by molar-refractivity contribution is 6.02. The first-order valence-electron chi connectivity index (χ1n) is 7.28. The largest absolute Gasteiger partial charge is 0.466 e. The lowest BCUT2D eigenvalue weighted by atomic mass is 9.76. The lowest BCUT2D eigenvalue weighted by Crippen LogP contribution is -2.22. The Kier molecular flexibility index (Phi) is 5.03. The van der Waals surface area contributed by atoms with Crippen molar-refractivity contribution in [1.82, 2.24) is 0 Å². The predicted octanol–water partition coefficient (Wildman–Crippen LogP) is 2.00. The SMILES string of the molecule is COC(=O)C1=C(C)CC2=C(C1)CC(C(=O)OC)=C(C(=O)OC)C2. The lowest BCUT2D eigenvalue weighted by Gasteiger charge is -2.28. The molecule has 0 saturated heterocycles. The van der Waals surface area contributed by atoms with Gasteiger partial charge in [0.2, 0.25) is 0 Å². The van der Waals surface area contributed by atoms with Crippen LogP contribution in [0.15, 0.2) is 33.4 Å². The highest BCUT2D eigenvalue weighted by Gasteiger charge is 2.33. The maximum absolute atomic E-state index is 12.0. The predicted molar refractivity (Wildman–Crippen MR) is 81.3 cm³/mol. The molecule has 23 heavy (non-hydrogen) atoms. The van der Waals surface area contributed by atoms with E-state index in [1.165, 1.54) is 21.3 Å². The maximum Gasteiger partial charge on any atom is 0.334 e. The van der Waals surface area contributed by atoms with Crippen molar-refractivity contribution < 1.29 is 28.6 Å². The van der Waals surface area contributed by atoms with Crippen molar-refractivity contribution in [3.8, 4) is 0 Å². The van der Waals surface area contributed by atoms with Crippen LogP contribution in [-0.2, 0) is 28.6 Å². The van der Waals surface area contributed by atoms with Crippen LogP contribution in [-0.4, -0.2) is 39.2 Å². The van der Waals surface area contributed by atoms with Crippen molar-refractivity contribution in [1.29, 1.82) is 0 Å². The summed E-state index contributed by atoms with van der Waals surface area (Å²) in [6.07, 6.45) is 1.66. The van der Waals surface area contributed by atoms with Crippen molar-refractivity contribution in [3.05, 3.63) is 33.4 Å². The summed E-state index contributed by atoms with van der Waals surface area (Å²) in [5.74, 6) is -1.41. The van der Waals surface area contributed by atoms with Crippen LogP contribution in [0.25, 0.3) is 0 Å². The van der Waals surface area contributed by atoms with Crippen molar-refractivity contribution in [2.75, 3.05) is 21.3 Å². The second-order valence-corrected chi connectivity index (χ2v) is 5.60. The Balaban J connectivity index is 2.33. The Labute approximate surface area is 134 Å². The zero-order chi connectivity index (χ0) is 17.1. The molecule has 124 valence electrons. The molecule has 0 saturated carbocycles. The van der Waals surface area contributed by atoms with Gasteiger partial charge in [-0.05, 0) is 13.3 Å². The van der Waals surface area contributed by atoms with Gasteiger partial charge in [0.25, 0.3) is 0 Å². The Morgan fingerprint density at radius 3 is 1.43 bits per heavy atom. The van der Waals surface area contributed by atoms with Crippen LogP contribution in [0.1, 0.15) is 32.6 Å². The van der Waals surface area contributed by atoms with E-state index in [2.05, 4.69) is 0 Å². The highest BCUT2D eigenvalue weighted by Crippen LogP contribution is 2.41. The second kappa shape index (κ2) is 6.81. The molecule has 0 bridgehead atoms. The van der Waals surface area contributed by atoms with Crippen LogP contribution in [0, 0.1) is 0 Å². The van der Waals surface area contributed by atoms with E-state index >= 15 is 0 Å². The van der Waals surface area contributed by atoms with Crippen LogP contribution >= 0.6 is 0 Å². The molecule has 6 nitrogen and oxygen atoms in total. The zero-order valence-corrected chi connectivity index (χ0v) is 13.8. The molecule has 0 atom stereocenters. The molecule has 2 aliphatic carbocycles. The molecule has 0 fully saturated rings. The van der Waals surface area contributed by atoms with Gasteiger partial charge in [-0.1, -0.05) is 16.7 Å². The third kappa shape index (κ3) is 3.21. The number of carbonyl (C=O) groups excluding carboxylic acids is 3. The van der Waals surface area contributed by atoms with E-state index in [1.54, 1.807) is 0 Å². The Hall–Kier alpha value is -2.37. The number of esters is 3. The molecule has 0 heterocycles. The van der Waals surface area contributed by atoms with E-state index in [-0.39, 0.29) is 5.97 Å². The van der Waals surface area contributed by atoms with Crippen LogP contribution in [0.5, 0.6) is 0 Å². The lowest BCUT2D eigenvalue weighted by molar-refractivity contribution is -0.139. The molecule has 6 heteroatoms. The van der Waals surface area contributed by atoms with Gasteiger partial charge in [-0.15, -0.1) is 0 Å². The van der Waals surface area contributed by atoms with Crippen molar-refractivity contribution in [2.45, 2.75) is 32.6 Å². The molecular weight excluding hydrogens is 300 g/mol. The van der Waals surface area contributed by atoms with Gasteiger partial charge in [0.05, 0.1) is 32.5 Å². The molecule has 0 N–H and O–H groups in total. The highest BCUT2D eigenvalue weighted by atomic mass is 16.5. The monoisotopic (exact) mass is 320 g/mol. The van der Waals surface area contributed by atoms with Crippen molar-refractivity contribution in [3.63, 3.8) is 0 Å². The first-order valence-corrected chi connectivity index (χ1v) is 7.28. The fourth-order valence-electron chi connectivity index (χ4n) is 3.06. The molecule has 2 aliphatic rings. The summed E-state index contributed by atoms with van der Waals surface area (Å²) in [6, 6.07) is 0. The first kappa shape index (κ1) is 17.0. The number of ether oxygens (including phenoxy) is 3. The van der Waals surface area contributed by atoms with Gasteiger partial charge < -0.3 is 14.2 Å². The van der Waals surface area contributed by atoms with E-state index < -0.39 is 11.9 Å². The van der Waals surface area contributed by atoms with Gasteiger partial charge in [0, 0.05) is 24.8 Å². The summed E-state index contributed by atoms with van der Waals surface area (Å²) >= 11 is 0. The standard InChI is InChI=1S/C17H20O6/c1-9-5-10-7-13(16(19)22-3)14(17(20)23-4)8-11(10)6-12(9)15(18)21-2/h5-8H2,1-4H3. The molecule has 0 aliphatic heterocycles. The topological polar surface area (TPSA) is 78.9 Å². The van der Waals surface area contributed by atoms with Crippen LogP contribution in [0.2, 0.25) is 0 Å². The fourth-order valence-corrected chi connectivity index (χ4v) is 3.06. The third-order valence-corrected chi connectivity index (χ3v) is 4.32. The molecule has 0 amide bonds. The molecule has 0 unspecified atom stereocenters. The molecule has 0 aromatic heterocycles. The fraction of sp³-hybridized carbons (Fsp3) is 0.471.